The highest BCUT2D eigenvalue weighted by Gasteiger charge is 2.42. The molecule has 13 heteroatoms. The second-order valence-electron chi connectivity index (χ2n) is 9.94. The van der Waals surface area contributed by atoms with Gasteiger partial charge in [-0.05, 0) is 49.3 Å². The largest absolute Gasteiger partial charge is 0.772 e. The number of anilines is 1. The number of hydrogen-bond acceptors (Lipinski definition) is 6. The molecule has 0 spiro atoms. The maximum atomic E-state index is 14.2. The molecule has 2 aromatic rings. The van der Waals surface area contributed by atoms with E-state index >= 15 is 0 Å². The SMILES string of the molecule is CC1(COc2cc(F)c(C(N)=O)cc2C2CC2)CN(c2cc(C(F)(F)F)c(Cl)cn2)C1.O=S([O-])C1CC1. The van der Waals surface area contributed by atoms with Crippen LogP contribution >= 0.6 is 11.6 Å². The average Bonchev–Trinajstić information content (AvgIpc) is 3.68. The third-order valence-corrected chi connectivity index (χ3v) is 7.69. The molecule has 1 saturated heterocycles. The molecule has 2 saturated carbocycles. The van der Waals surface area contributed by atoms with E-state index in [4.69, 9.17) is 22.1 Å². The van der Waals surface area contributed by atoms with Crippen molar-refractivity contribution >= 4 is 34.4 Å². The number of alkyl halides is 3. The summed E-state index contributed by atoms with van der Waals surface area (Å²) in [6.45, 7) is 2.99. The van der Waals surface area contributed by atoms with Gasteiger partial charge in [0.2, 0.25) is 0 Å². The summed E-state index contributed by atoms with van der Waals surface area (Å²) >= 11 is 3.87. The molecule has 1 aromatic carbocycles. The standard InChI is InChI=1S/C21H20ClF4N3O2.C3H6O2S/c1-20(8-29(9-20)18-5-14(21(24,25)26)15(22)7-28-18)10-31-17-6-16(23)13(19(27)30)4-12(17)11-2-3-11;4-6(5)3-1-2-3/h4-7,11H,2-3,8-10H2,1H3,(H2,27,30);3H,1-2H2,(H,4,5)/p-1. The summed E-state index contributed by atoms with van der Waals surface area (Å²) < 4.78 is 78.9. The highest BCUT2D eigenvalue weighted by molar-refractivity contribution is 7.80. The number of halogens is 5. The zero-order valence-corrected chi connectivity index (χ0v) is 21.4. The second kappa shape index (κ2) is 10.4. The van der Waals surface area contributed by atoms with E-state index in [0.29, 0.717) is 18.8 Å². The molecule has 0 bridgehead atoms. The highest BCUT2D eigenvalue weighted by Crippen LogP contribution is 2.46. The summed E-state index contributed by atoms with van der Waals surface area (Å²) in [5, 5.41) is -0.429. The smallest absolute Gasteiger partial charge is 0.418 e. The first-order valence-corrected chi connectivity index (χ1v) is 13.1. The van der Waals surface area contributed by atoms with Gasteiger partial charge in [-0.1, -0.05) is 29.6 Å². The number of nitrogens with two attached hydrogens (primary N) is 1. The lowest BCUT2D eigenvalue weighted by atomic mass is 9.82. The van der Waals surface area contributed by atoms with Gasteiger partial charge in [-0.2, -0.15) is 13.2 Å². The van der Waals surface area contributed by atoms with Crippen molar-refractivity contribution in [3.05, 3.63) is 51.9 Å². The molecular weight excluding hydrogens is 538 g/mol. The number of primary amides is 1. The third-order valence-electron chi connectivity index (χ3n) is 6.37. The molecule has 1 unspecified atom stereocenters. The Balaban J connectivity index is 0.000000469. The molecule has 3 aliphatic rings. The first-order valence-electron chi connectivity index (χ1n) is 11.6. The molecule has 202 valence electrons. The van der Waals surface area contributed by atoms with Crippen LogP contribution in [0.1, 0.15) is 60.0 Å². The van der Waals surface area contributed by atoms with Gasteiger partial charge >= 0.3 is 6.18 Å². The number of nitrogens with zero attached hydrogens (tertiary/aromatic N) is 2. The van der Waals surface area contributed by atoms with Crippen LogP contribution in [0.4, 0.5) is 23.4 Å². The van der Waals surface area contributed by atoms with Crippen LogP contribution in [-0.4, -0.2) is 44.6 Å². The Morgan fingerprint density at radius 3 is 2.41 bits per heavy atom. The van der Waals surface area contributed by atoms with E-state index in [2.05, 4.69) is 4.98 Å². The van der Waals surface area contributed by atoms with E-state index in [9.17, 15) is 31.1 Å². The Hall–Kier alpha value is -2.44. The molecule has 1 atom stereocenters. The second-order valence-corrected chi connectivity index (χ2v) is 11.5. The normalized spacial score (nSPS) is 19.4. The van der Waals surface area contributed by atoms with Crippen molar-refractivity contribution in [2.24, 2.45) is 11.1 Å². The van der Waals surface area contributed by atoms with Crippen LogP contribution in [0.25, 0.3) is 0 Å². The number of carbonyl (C=O) groups excluding carboxylic acids is 1. The number of pyridine rings is 1. The molecule has 2 N–H and O–H groups in total. The minimum absolute atomic E-state index is 0.0185. The number of rotatable bonds is 7. The molecule has 37 heavy (non-hydrogen) atoms. The number of carbonyl (C=O) groups is 1. The predicted octanol–water partition coefficient (Wildman–Crippen LogP) is 4.80. The fraction of sp³-hybridized carbons (Fsp3) is 0.500. The van der Waals surface area contributed by atoms with Gasteiger partial charge in [-0.3, -0.25) is 9.00 Å². The van der Waals surface area contributed by atoms with Crippen LogP contribution in [-0.2, 0) is 17.3 Å². The average molecular weight is 563 g/mol. The molecule has 1 aromatic heterocycles. The Bertz CT molecular complexity index is 1220. The fourth-order valence-corrected chi connectivity index (χ4v) is 4.79. The van der Waals surface area contributed by atoms with Crippen molar-refractivity contribution in [3.63, 3.8) is 0 Å². The minimum atomic E-state index is -4.56. The maximum Gasteiger partial charge on any atom is 0.418 e. The molecule has 1 amide bonds. The number of benzene rings is 1. The van der Waals surface area contributed by atoms with Gasteiger partial charge in [0.1, 0.15) is 17.4 Å². The van der Waals surface area contributed by atoms with E-state index in [1.807, 2.05) is 6.92 Å². The maximum absolute atomic E-state index is 14.2. The van der Waals surface area contributed by atoms with E-state index in [0.717, 1.165) is 43.5 Å². The van der Waals surface area contributed by atoms with Crippen LogP contribution in [0.15, 0.2) is 24.4 Å². The lowest BCUT2D eigenvalue weighted by Crippen LogP contribution is -2.58. The van der Waals surface area contributed by atoms with E-state index < -0.39 is 39.6 Å². The van der Waals surface area contributed by atoms with Crippen LogP contribution in [0.3, 0.4) is 0 Å². The molecule has 5 rings (SSSR count). The van der Waals surface area contributed by atoms with Gasteiger partial charge in [0.15, 0.2) is 0 Å². The van der Waals surface area contributed by atoms with Gasteiger partial charge in [0.25, 0.3) is 5.91 Å². The summed E-state index contributed by atoms with van der Waals surface area (Å²) in [4.78, 5) is 17.1. The Labute approximate surface area is 218 Å². The van der Waals surface area contributed by atoms with Crippen molar-refractivity contribution in [1.82, 2.24) is 4.98 Å². The molecule has 0 radical (unpaired) electrons. The monoisotopic (exact) mass is 562 g/mol. The fourth-order valence-electron chi connectivity index (χ4n) is 4.06. The van der Waals surface area contributed by atoms with Crippen molar-refractivity contribution in [1.29, 1.82) is 0 Å². The summed E-state index contributed by atoms with van der Waals surface area (Å²) in [6.07, 6.45) is 0.0551. The Morgan fingerprint density at radius 1 is 1.27 bits per heavy atom. The minimum Gasteiger partial charge on any atom is -0.772 e. The summed E-state index contributed by atoms with van der Waals surface area (Å²) in [7, 11) is 0. The van der Waals surface area contributed by atoms with Crippen molar-refractivity contribution in [2.45, 2.75) is 50.0 Å². The molecule has 3 fully saturated rings. The summed E-state index contributed by atoms with van der Waals surface area (Å²) in [6, 6.07) is 3.58. The molecule has 1 aliphatic heterocycles. The van der Waals surface area contributed by atoms with E-state index in [1.165, 1.54) is 12.1 Å². The molecule has 2 heterocycles. The van der Waals surface area contributed by atoms with Gasteiger partial charge in [-0.15, -0.1) is 0 Å². The van der Waals surface area contributed by atoms with Crippen molar-refractivity contribution in [3.8, 4) is 5.75 Å². The number of aromatic nitrogens is 1. The first kappa shape index (κ1) is 27.6. The molecule has 2 aliphatic carbocycles. The molecule has 7 nitrogen and oxygen atoms in total. The third kappa shape index (κ3) is 6.71. The number of amides is 1. The van der Waals surface area contributed by atoms with Gasteiger partial charge in [0, 0.05) is 36.0 Å². The predicted molar refractivity (Wildman–Crippen MR) is 129 cm³/mol. The van der Waals surface area contributed by atoms with Crippen LogP contribution < -0.4 is 15.4 Å². The Morgan fingerprint density at radius 2 is 1.92 bits per heavy atom. The summed E-state index contributed by atoms with van der Waals surface area (Å²) in [5.41, 5.74) is 4.54. The highest BCUT2D eigenvalue weighted by atomic mass is 35.5. The quantitative estimate of drug-likeness (QED) is 0.383. The van der Waals surface area contributed by atoms with E-state index in [-0.39, 0.29) is 34.6 Å². The van der Waals surface area contributed by atoms with Crippen LogP contribution in [0.2, 0.25) is 5.02 Å². The van der Waals surface area contributed by atoms with Gasteiger partial charge in [0.05, 0.1) is 22.8 Å². The number of ether oxygens (including phenoxy) is 1. The van der Waals surface area contributed by atoms with Crippen LogP contribution in [0.5, 0.6) is 5.75 Å². The lowest BCUT2D eigenvalue weighted by Gasteiger charge is -2.48. The van der Waals surface area contributed by atoms with E-state index in [1.54, 1.807) is 4.90 Å². The topological polar surface area (TPSA) is 109 Å². The number of hydrogen-bond donors (Lipinski definition) is 1. The first-order chi connectivity index (χ1) is 17.3. The van der Waals surface area contributed by atoms with Gasteiger partial charge in [-0.25, -0.2) is 9.37 Å². The zero-order chi connectivity index (χ0) is 27.1. The van der Waals surface area contributed by atoms with Crippen molar-refractivity contribution < 1.29 is 35.9 Å². The Kier molecular flexibility index (Phi) is 7.74. The van der Waals surface area contributed by atoms with Crippen LogP contribution in [0, 0.1) is 11.2 Å². The molecular formula is C24H25ClF4N3O4S-. The summed E-state index contributed by atoms with van der Waals surface area (Å²) in [5.74, 6) is -0.810. The van der Waals surface area contributed by atoms with Crippen molar-refractivity contribution in [2.75, 3.05) is 24.6 Å². The zero-order valence-electron chi connectivity index (χ0n) is 19.8. The lowest BCUT2D eigenvalue weighted by molar-refractivity contribution is -0.137. The van der Waals surface area contributed by atoms with Gasteiger partial charge < -0.3 is 19.9 Å².